The predicted molar refractivity (Wildman–Crippen MR) is 91.3 cm³/mol. The fraction of sp³-hybridized carbons (Fsp3) is 0.588. The van der Waals surface area contributed by atoms with Crippen LogP contribution < -0.4 is 5.32 Å². The van der Waals surface area contributed by atoms with Crippen molar-refractivity contribution in [2.24, 2.45) is 5.92 Å². The van der Waals surface area contributed by atoms with Crippen LogP contribution in [-0.4, -0.2) is 51.2 Å². The number of carbonyl (C=O) groups is 1. The van der Waals surface area contributed by atoms with Crippen molar-refractivity contribution in [1.82, 2.24) is 10.2 Å². The van der Waals surface area contributed by atoms with Gasteiger partial charge < -0.3 is 10.2 Å². The number of sulfone groups is 1. The lowest BCUT2D eigenvalue weighted by Gasteiger charge is -2.30. The van der Waals surface area contributed by atoms with Gasteiger partial charge in [-0.2, -0.15) is 0 Å². The fourth-order valence-electron chi connectivity index (χ4n) is 2.90. The summed E-state index contributed by atoms with van der Waals surface area (Å²) in [6.45, 7) is 7.54. The normalized spacial score (nSPS) is 19.5. The molecule has 1 saturated heterocycles. The molecule has 0 spiro atoms. The van der Waals surface area contributed by atoms with E-state index in [0.717, 1.165) is 25.6 Å². The standard InChI is InChI=1S/C17H26N2O3S/c1-3-23(21,22)16-8-6-15(7-9-16)17(20)18-10-12-19-11-4-5-14(2)13-19/h6-9,14H,3-5,10-13H2,1-2H3,(H,18,20)/t14-/m1/s1. The van der Waals surface area contributed by atoms with Crippen LogP contribution in [0.4, 0.5) is 0 Å². The predicted octanol–water partition coefficient (Wildman–Crippen LogP) is 1.94. The highest BCUT2D eigenvalue weighted by molar-refractivity contribution is 7.91. The third kappa shape index (κ3) is 5.04. The Hall–Kier alpha value is -1.40. The van der Waals surface area contributed by atoms with E-state index in [1.807, 2.05) is 0 Å². The Kier molecular flexibility index (Phi) is 6.18. The fourth-order valence-corrected chi connectivity index (χ4v) is 3.78. The molecule has 5 nitrogen and oxygen atoms in total. The van der Waals surface area contributed by atoms with Crippen molar-refractivity contribution >= 4 is 15.7 Å². The summed E-state index contributed by atoms with van der Waals surface area (Å²) >= 11 is 0. The van der Waals surface area contributed by atoms with E-state index >= 15 is 0 Å². The SMILES string of the molecule is CCS(=O)(=O)c1ccc(C(=O)NCCN2CCC[C@@H](C)C2)cc1. The number of hydrogen-bond acceptors (Lipinski definition) is 4. The summed E-state index contributed by atoms with van der Waals surface area (Å²) in [5, 5.41) is 2.90. The number of carbonyl (C=O) groups excluding carboxylic acids is 1. The second-order valence-corrected chi connectivity index (χ2v) is 8.51. The van der Waals surface area contributed by atoms with E-state index in [-0.39, 0.29) is 16.6 Å². The van der Waals surface area contributed by atoms with Crippen LogP contribution in [0.15, 0.2) is 29.2 Å². The van der Waals surface area contributed by atoms with Crippen molar-refractivity contribution in [3.8, 4) is 0 Å². The van der Waals surface area contributed by atoms with Gasteiger partial charge in [0.15, 0.2) is 9.84 Å². The molecule has 6 heteroatoms. The molecule has 1 aromatic carbocycles. The van der Waals surface area contributed by atoms with E-state index in [1.54, 1.807) is 19.1 Å². The number of hydrogen-bond donors (Lipinski definition) is 1. The van der Waals surface area contributed by atoms with E-state index in [4.69, 9.17) is 0 Å². The maximum atomic E-state index is 12.1. The van der Waals surface area contributed by atoms with E-state index in [2.05, 4.69) is 17.1 Å². The van der Waals surface area contributed by atoms with Gasteiger partial charge >= 0.3 is 0 Å². The number of nitrogens with zero attached hydrogens (tertiary/aromatic N) is 1. The van der Waals surface area contributed by atoms with Crippen molar-refractivity contribution in [3.63, 3.8) is 0 Å². The Morgan fingerprint density at radius 3 is 2.61 bits per heavy atom. The topological polar surface area (TPSA) is 66.5 Å². The number of amides is 1. The van der Waals surface area contributed by atoms with Crippen LogP contribution in [0.2, 0.25) is 0 Å². The Morgan fingerprint density at radius 1 is 1.30 bits per heavy atom. The third-order valence-electron chi connectivity index (χ3n) is 4.31. The second-order valence-electron chi connectivity index (χ2n) is 6.23. The van der Waals surface area contributed by atoms with Gasteiger partial charge in [-0.1, -0.05) is 13.8 Å². The lowest BCUT2D eigenvalue weighted by atomic mass is 10.0. The Morgan fingerprint density at radius 2 is 2.00 bits per heavy atom. The van der Waals surface area contributed by atoms with Crippen LogP contribution in [0.3, 0.4) is 0 Å². The zero-order valence-corrected chi connectivity index (χ0v) is 14.7. The van der Waals surface area contributed by atoms with Gasteiger partial charge in [-0.05, 0) is 49.6 Å². The number of likely N-dealkylation sites (tertiary alicyclic amines) is 1. The highest BCUT2D eigenvalue weighted by atomic mass is 32.2. The molecule has 0 aromatic heterocycles. The summed E-state index contributed by atoms with van der Waals surface area (Å²) in [5.74, 6) is 0.635. The average Bonchev–Trinajstić information content (AvgIpc) is 2.55. The molecule has 1 aliphatic heterocycles. The number of benzene rings is 1. The monoisotopic (exact) mass is 338 g/mol. The summed E-state index contributed by atoms with van der Waals surface area (Å²) in [6.07, 6.45) is 2.51. The first-order valence-electron chi connectivity index (χ1n) is 8.25. The Labute approximate surface area is 139 Å². The summed E-state index contributed by atoms with van der Waals surface area (Å²) in [4.78, 5) is 14.7. The molecule has 1 N–H and O–H groups in total. The van der Waals surface area contributed by atoms with Crippen LogP contribution in [0, 0.1) is 5.92 Å². The first kappa shape index (κ1) is 17.9. The quantitative estimate of drug-likeness (QED) is 0.861. The first-order chi connectivity index (χ1) is 10.9. The summed E-state index contributed by atoms with van der Waals surface area (Å²) in [5.41, 5.74) is 0.493. The Balaban J connectivity index is 1.84. The molecular formula is C17H26N2O3S. The molecule has 2 rings (SSSR count). The van der Waals surface area contributed by atoms with Gasteiger partial charge in [0.1, 0.15) is 0 Å². The van der Waals surface area contributed by atoms with Crippen LogP contribution in [0.25, 0.3) is 0 Å². The molecule has 1 aromatic rings. The molecule has 0 unspecified atom stereocenters. The van der Waals surface area contributed by atoms with E-state index in [1.165, 1.54) is 25.0 Å². The van der Waals surface area contributed by atoms with Crippen molar-refractivity contribution in [1.29, 1.82) is 0 Å². The van der Waals surface area contributed by atoms with Crippen molar-refractivity contribution in [3.05, 3.63) is 29.8 Å². The highest BCUT2D eigenvalue weighted by Crippen LogP contribution is 2.15. The third-order valence-corrected chi connectivity index (χ3v) is 6.06. The van der Waals surface area contributed by atoms with Gasteiger partial charge in [0, 0.05) is 25.2 Å². The maximum absolute atomic E-state index is 12.1. The lowest BCUT2D eigenvalue weighted by Crippen LogP contribution is -2.40. The van der Waals surface area contributed by atoms with E-state index in [0.29, 0.717) is 12.1 Å². The van der Waals surface area contributed by atoms with Crippen LogP contribution >= 0.6 is 0 Å². The summed E-state index contributed by atoms with van der Waals surface area (Å²) < 4.78 is 23.5. The average molecular weight is 338 g/mol. The van der Waals surface area contributed by atoms with Crippen molar-refractivity contribution in [2.45, 2.75) is 31.6 Å². The van der Waals surface area contributed by atoms with Crippen molar-refractivity contribution in [2.75, 3.05) is 31.9 Å². The molecule has 0 saturated carbocycles. The smallest absolute Gasteiger partial charge is 0.251 e. The van der Waals surface area contributed by atoms with Gasteiger partial charge in [0.25, 0.3) is 5.91 Å². The molecule has 1 heterocycles. The van der Waals surface area contributed by atoms with Gasteiger partial charge in [0.05, 0.1) is 10.6 Å². The molecule has 1 amide bonds. The molecule has 1 aliphatic rings. The van der Waals surface area contributed by atoms with E-state index in [9.17, 15) is 13.2 Å². The molecular weight excluding hydrogens is 312 g/mol. The van der Waals surface area contributed by atoms with Gasteiger partial charge in [0.2, 0.25) is 0 Å². The number of piperidine rings is 1. The Bertz CT molecular complexity index is 626. The second kappa shape index (κ2) is 7.93. The van der Waals surface area contributed by atoms with Gasteiger partial charge in [-0.25, -0.2) is 8.42 Å². The molecule has 1 fully saturated rings. The summed E-state index contributed by atoms with van der Waals surface area (Å²) in [7, 11) is -3.22. The molecule has 23 heavy (non-hydrogen) atoms. The van der Waals surface area contributed by atoms with E-state index < -0.39 is 9.84 Å². The van der Waals surface area contributed by atoms with Crippen LogP contribution in [0.1, 0.15) is 37.0 Å². The molecule has 128 valence electrons. The minimum Gasteiger partial charge on any atom is -0.351 e. The lowest BCUT2D eigenvalue weighted by molar-refractivity contribution is 0.0943. The zero-order chi connectivity index (χ0) is 16.9. The van der Waals surface area contributed by atoms with Crippen molar-refractivity contribution < 1.29 is 13.2 Å². The largest absolute Gasteiger partial charge is 0.351 e. The molecule has 0 aliphatic carbocycles. The molecule has 0 radical (unpaired) electrons. The zero-order valence-electron chi connectivity index (χ0n) is 13.9. The van der Waals surface area contributed by atoms with Crippen LogP contribution in [0.5, 0.6) is 0 Å². The molecule has 1 atom stereocenters. The van der Waals surface area contributed by atoms with Crippen LogP contribution in [-0.2, 0) is 9.84 Å². The van der Waals surface area contributed by atoms with Gasteiger partial charge in [-0.3, -0.25) is 4.79 Å². The number of nitrogens with one attached hydrogen (secondary N) is 1. The first-order valence-corrected chi connectivity index (χ1v) is 9.91. The summed E-state index contributed by atoms with van der Waals surface area (Å²) in [6, 6.07) is 6.14. The maximum Gasteiger partial charge on any atom is 0.251 e. The number of rotatable bonds is 6. The molecule has 0 bridgehead atoms. The highest BCUT2D eigenvalue weighted by Gasteiger charge is 2.16. The minimum absolute atomic E-state index is 0.0623. The van der Waals surface area contributed by atoms with Gasteiger partial charge in [-0.15, -0.1) is 0 Å². The minimum atomic E-state index is -3.22.